The second-order valence-corrected chi connectivity index (χ2v) is 4.52. The van der Waals surface area contributed by atoms with Crippen LogP contribution in [-0.4, -0.2) is 21.6 Å². The van der Waals surface area contributed by atoms with Crippen LogP contribution in [0.5, 0.6) is 0 Å². The molecule has 5 nitrogen and oxygen atoms in total. The van der Waals surface area contributed by atoms with Crippen LogP contribution in [0.3, 0.4) is 0 Å². The van der Waals surface area contributed by atoms with Gasteiger partial charge in [0.05, 0.1) is 28.9 Å². The van der Waals surface area contributed by atoms with E-state index < -0.39 is 5.97 Å². The Morgan fingerprint density at radius 2 is 2.21 bits per heavy atom. The molecule has 0 N–H and O–H groups in total. The molecule has 0 aliphatic heterocycles. The van der Waals surface area contributed by atoms with Crippen molar-refractivity contribution in [3.05, 3.63) is 40.4 Å². The van der Waals surface area contributed by atoms with E-state index in [1.54, 1.807) is 23.7 Å². The predicted octanol–water partition coefficient (Wildman–Crippen LogP) is 1.89. The number of fused-ring (bicyclic) bond motifs is 1. The largest absolute Gasteiger partial charge is 0.459 e. The lowest BCUT2D eigenvalue weighted by Gasteiger charge is -2.11. The van der Waals surface area contributed by atoms with E-state index >= 15 is 0 Å². The zero-order chi connectivity index (χ0) is 14.0. The maximum absolute atomic E-state index is 11.9. The van der Waals surface area contributed by atoms with Gasteiger partial charge in [-0.05, 0) is 31.5 Å². The molecular weight excluding hydrogens is 244 g/mol. The summed E-state index contributed by atoms with van der Waals surface area (Å²) >= 11 is 0. The van der Waals surface area contributed by atoms with Crippen LogP contribution in [0, 0.1) is 0 Å². The fourth-order valence-electron chi connectivity index (χ4n) is 1.75. The summed E-state index contributed by atoms with van der Waals surface area (Å²) in [4.78, 5) is 27.3. The molecule has 0 fully saturated rings. The average Bonchev–Trinajstić information content (AvgIpc) is 2.42. The third-order valence-electron chi connectivity index (χ3n) is 3.07. The van der Waals surface area contributed by atoms with Crippen molar-refractivity contribution in [2.75, 3.05) is 0 Å². The standard InChI is InChI=1S/C14H16N2O3/c1-4-9(2)19-14(18)10-5-6-12-11(7-10)13(17)15-8-16(12)3/h5-9H,4H2,1-3H3. The first-order valence-corrected chi connectivity index (χ1v) is 6.19. The molecule has 0 saturated heterocycles. The Morgan fingerprint density at radius 3 is 2.89 bits per heavy atom. The Morgan fingerprint density at radius 1 is 1.47 bits per heavy atom. The van der Waals surface area contributed by atoms with Crippen molar-refractivity contribution in [1.82, 2.24) is 9.55 Å². The lowest BCUT2D eigenvalue weighted by molar-refractivity contribution is 0.0334. The number of benzene rings is 1. The fraction of sp³-hybridized carbons (Fsp3) is 0.357. The Kier molecular flexibility index (Phi) is 3.64. The van der Waals surface area contributed by atoms with Crippen molar-refractivity contribution in [3.63, 3.8) is 0 Å². The van der Waals surface area contributed by atoms with Crippen molar-refractivity contribution >= 4 is 16.9 Å². The molecule has 5 heteroatoms. The highest BCUT2D eigenvalue weighted by Gasteiger charge is 2.12. The number of nitrogens with zero attached hydrogens (tertiary/aromatic N) is 2. The van der Waals surface area contributed by atoms with E-state index in [9.17, 15) is 9.59 Å². The van der Waals surface area contributed by atoms with E-state index in [-0.39, 0.29) is 11.7 Å². The van der Waals surface area contributed by atoms with Gasteiger partial charge in [0.1, 0.15) is 0 Å². The van der Waals surface area contributed by atoms with Gasteiger partial charge in [-0.25, -0.2) is 4.79 Å². The monoisotopic (exact) mass is 260 g/mol. The van der Waals surface area contributed by atoms with Gasteiger partial charge in [-0.15, -0.1) is 0 Å². The lowest BCUT2D eigenvalue weighted by Crippen LogP contribution is -2.15. The van der Waals surface area contributed by atoms with E-state index in [2.05, 4.69) is 4.98 Å². The van der Waals surface area contributed by atoms with Crippen molar-refractivity contribution in [3.8, 4) is 0 Å². The van der Waals surface area contributed by atoms with Gasteiger partial charge in [0.25, 0.3) is 5.56 Å². The molecule has 1 atom stereocenters. The molecule has 1 heterocycles. The van der Waals surface area contributed by atoms with Crippen LogP contribution >= 0.6 is 0 Å². The van der Waals surface area contributed by atoms with Gasteiger partial charge in [0.15, 0.2) is 0 Å². The molecule has 100 valence electrons. The van der Waals surface area contributed by atoms with Crippen LogP contribution in [0.25, 0.3) is 10.9 Å². The Labute approximate surface area is 110 Å². The summed E-state index contributed by atoms with van der Waals surface area (Å²) < 4.78 is 6.97. The Balaban J connectivity index is 2.45. The van der Waals surface area contributed by atoms with E-state index in [4.69, 9.17) is 4.74 Å². The van der Waals surface area contributed by atoms with Crippen molar-refractivity contribution in [2.24, 2.45) is 7.05 Å². The summed E-state index contributed by atoms with van der Waals surface area (Å²) in [5, 5.41) is 0.420. The van der Waals surface area contributed by atoms with Gasteiger partial charge in [-0.2, -0.15) is 4.98 Å². The maximum atomic E-state index is 11.9. The first-order chi connectivity index (χ1) is 9.02. The average molecular weight is 260 g/mol. The lowest BCUT2D eigenvalue weighted by atomic mass is 10.1. The summed E-state index contributed by atoms with van der Waals surface area (Å²) in [7, 11) is 1.80. The van der Waals surface area contributed by atoms with Crippen LogP contribution < -0.4 is 5.56 Å². The summed E-state index contributed by atoms with van der Waals surface area (Å²) in [6.45, 7) is 3.78. The molecule has 0 aliphatic rings. The SMILES string of the molecule is CCC(C)OC(=O)c1ccc2c(c1)c(=O)ncn2C. The number of carbonyl (C=O) groups is 1. The quantitative estimate of drug-likeness (QED) is 0.791. The molecule has 0 amide bonds. The van der Waals surface area contributed by atoms with Crippen LogP contribution in [0.4, 0.5) is 0 Å². The topological polar surface area (TPSA) is 61.2 Å². The summed E-state index contributed by atoms with van der Waals surface area (Å²) in [6.07, 6.45) is 2.07. The first-order valence-electron chi connectivity index (χ1n) is 6.19. The van der Waals surface area contributed by atoms with Gasteiger partial charge in [-0.1, -0.05) is 6.92 Å². The number of aromatic nitrogens is 2. The molecule has 0 radical (unpaired) electrons. The van der Waals surface area contributed by atoms with Crippen LogP contribution in [0.1, 0.15) is 30.6 Å². The zero-order valence-electron chi connectivity index (χ0n) is 11.2. The molecule has 0 bridgehead atoms. The van der Waals surface area contributed by atoms with Gasteiger partial charge >= 0.3 is 5.97 Å². The number of carbonyl (C=O) groups excluding carboxylic acids is 1. The van der Waals surface area contributed by atoms with Gasteiger partial charge in [0, 0.05) is 7.05 Å². The Bertz CT molecular complexity index is 676. The summed E-state index contributed by atoms with van der Waals surface area (Å²) in [6, 6.07) is 4.92. The highest BCUT2D eigenvalue weighted by atomic mass is 16.5. The molecule has 0 saturated carbocycles. The molecule has 1 unspecified atom stereocenters. The summed E-state index contributed by atoms with van der Waals surface area (Å²) in [5.41, 5.74) is 0.768. The van der Waals surface area contributed by atoms with Crippen LogP contribution in [0.2, 0.25) is 0 Å². The molecule has 19 heavy (non-hydrogen) atoms. The molecule has 2 rings (SSSR count). The van der Waals surface area contributed by atoms with Gasteiger partial charge in [0.2, 0.25) is 0 Å². The maximum Gasteiger partial charge on any atom is 0.338 e. The number of rotatable bonds is 3. The predicted molar refractivity (Wildman–Crippen MR) is 72.2 cm³/mol. The van der Waals surface area contributed by atoms with Crippen LogP contribution in [0.15, 0.2) is 29.3 Å². The summed E-state index contributed by atoms with van der Waals surface area (Å²) in [5.74, 6) is -0.415. The minimum atomic E-state index is -0.415. The van der Waals surface area contributed by atoms with Crippen molar-refractivity contribution in [2.45, 2.75) is 26.4 Å². The minimum absolute atomic E-state index is 0.139. The normalized spacial score (nSPS) is 12.4. The number of hydrogen-bond acceptors (Lipinski definition) is 4. The van der Waals surface area contributed by atoms with E-state index in [1.807, 2.05) is 13.8 Å². The fourth-order valence-corrected chi connectivity index (χ4v) is 1.75. The highest BCUT2D eigenvalue weighted by molar-refractivity contribution is 5.94. The molecule has 1 aromatic heterocycles. The number of hydrogen-bond donors (Lipinski definition) is 0. The van der Waals surface area contributed by atoms with E-state index in [0.29, 0.717) is 10.9 Å². The first kappa shape index (κ1) is 13.3. The number of ether oxygens (including phenoxy) is 1. The number of aryl methyl sites for hydroxylation is 1. The van der Waals surface area contributed by atoms with Crippen molar-refractivity contribution < 1.29 is 9.53 Å². The minimum Gasteiger partial charge on any atom is -0.459 e. The third-order valence-corrected chi connectivity index (χ3v) is 3.07. The second kappa shape index (κ2) is 5.22. The van der Waals surface area contributed by atoms with Gasteiger partial charge in [-0.3, -0.25) is 4.79 Å². The zero-order valence-corrected chi connectivity index (χ0v) is 11.2. The van der Waals surface area contributed by atoms with E-state index in [1.165, 1.54) is 12.4 Å². The molecule has 1 aromatic carbocycles. The Hall–Kier alpha value is -2.17. The van der Waals surface area contributed by atoms with Crippen molar-refractivity contribution in [1.29, 1.82) is 0 Å². The molecule has 0 aliphatic carbocycles. The van der Waals surface area contributed by atoms with E-state index in [0.717, 1.165) is 11.9 Å². The third kappa shape index (κ3) is 2.65. The van der Waals surface area contributed by atoms with Gasteiger partial charge < -0.3 is 9.30 Å². The smallest absolute Gasteiger partial charge is 0.338 e. The molecule has 0 spiro atoms. The molecular formula is C14H16N2O3. The molecule has 2 aromatic rings. The number of esters is 1. The second-order valence-electron chi connectivity index (χ2n) is 4.52. The van der Waals surface area contributed by atoms with Crippen LogP contribution in [-0.2, 0) is 11.8 Å². The highest BCUT2D eigenvalue weighted by Crippen LogP contribution is 2.13.